The van der Waals surface area contributed by atoms with Gasteiger partial charge in [0.15, 0.2) is 0 Å². The van der Waals surface area contributed by atoms with E-state index in [2.05, 4.69) is 4.98 Å². The third kappa shape index (κ3) is 2.12. The molecule has 0 bridgehead atoms. The Morgan fingerprint density at radius 2 is 2.26 bits per heavy atom. The average molecular weight is 258 g/mol. The number of nitrogens with zero attached hydrogens (tertiary/aromatic N) is 4. The Balaban J connectivity index is 2.72. The molecule has 1 aromatic heterocycles. The summed E-state index contributed by atoms with van der Waals surface area (Å²) in [4.78, 5) is 24.9. The van der Waals surface area contributed by atoms with Crippen molar-refractivity contribution in [2.24, 2.45) is 0 Å². The van der Waals surface area contributed by atoms with Gasteiger partial charge in [-0.15, -0.1) is 0 Å². The van der Waals surface area contributed by atoms with Gasteiger partial charge in [-0.25, -0.2) is 9.78 Å². The highest BCUT2D eigenvalue weighted by molar-refractivity contribution is 5.89. The lowest BCUT2D eigenvalue weighted by Gasteiger charge is -2.06. The molecular formula is C11H6N4O4. The van der Waals surface area contributed by atoms with Crippen molar-refractivity contribution >= 4 is 11.7 Å². The first-order valence-corrected chi connectivity index (χ1v) is 5.00. The Kier molecular flexibility index (Phi) is 2.95. The summed E-state index contributed by atoms with van der Waals surface area (Å²) < 4.78 is 1.17. The first kappa shape index (κ1) is 12.3. The van der Waals surface area contributed by atoms with Crippen molar-refractivity contribution in [2.45, 2.75) is 0 Å². The average Bonchev–Trinajstić information content (AvgIpc) is 2.85. The zero-order valence-corrected chi connectivity index (χ0v) is 9.35. The second kappa shape index (κ2) is 4.58. The highest BCUT2D eigenvalue weighted by Gasteiger charge is 2.19. The molecule has 2 aromatic rings. The first-order chi connectivity index (χ1) is 9.04. The van der Waals surface area contributed by atoms with E-state index in [9.17, 15) is 14.9 Å². The van der Waals surface area contributed by atoms with Crippen LogP contribution in [0.1, 0.15) is 16.2 Å². The topological polar surface area (TPSA) is 122 Å². The molecule has 0 aliphatic heterocycles. The van der Waals surface area contributed by atoms with E-state index in [0.717, 1.165) is 18.2 Å². The zero-order chi connectivity index (χ0) is 14.0. The molecule has 0 saturated carbocycles. The number of carboxylic acid groups (broad SMARTS) is 1. The van der Waals surface area contributed by atoms with Crippen LogP contribution in [0.2, 0.25) is 0 Å². The van der Waals surface area contributed by atoms with Crippen molar-refractivity contribution in [1.82, 2.24) is 9.55 Å². The lowest BCUT2D eigenvalue weighted by Crippen LogP contribution is -2.05. The SMILES string of the molecule is N#Cc1nccn1-c1cc(C(=O)O)ccc1[N+](=O)[O-]. The molecular weight excluding hydrogens is 252 g/mol. The molecule has 8 nitrogen and oxygen atoms in total. The number of nitro benzene ring substituents is 1. The summed E-state index contributed by atoms with van der Waals surface area (Å²) in [6.45, 7) is 0. The van der Waals surface area contributed by atoms with Gasteiger partial charge < -0.3 is 5.11 Å². The van der Waals surface area contributed by atoms with Gasteiger partial charge in [-0.05, 0) is 12.1 Å². The van der Waals surface area contributed by atoms with Gasteiger partial charge in [0, 0.05) is 18.5 Å². The second-order valence-corrected chi connectivity index (χ2v) is 3.50. The number of nitro groups is 1. The fourth-order valence-corrected chi connectivity index (χ4v) is 1.58. The Morgan fingerprint density at radius 3 is 2.84 bits per heavy atom. The van der Waals surface area contributed by atoms with Gasteiger partial charge in [0.2, 0.25) is 5.82 Å². The van der Waals surface area contributed by atoms with E-state index in [1.807, 2.05) is 0 Å². The molecule has 0 amide bonds. The Bertz CT molecular complexity index is 714. The van der Waals surface area contributed by atoms with E-state index in [0.29, 0.717) is 0 Å². The van der Waals surface area contributed by atoms with E-state index in [1.165, 1.54) is 17.0 Å². The summed E-state index contributed by atoms with van der Waals surface area (Å²) in [6.07, 6.45) is 2.65. The molecule has 8 heteroatoms. The molecule has 0 fully saturated rings. The fraction of sp³-hybridized carbons (Fsp3) is 0. The van der Waals surface area contributed by atoms with Gasteiger partial charge >= 0.3 is 5.97 Å². The van der Waals surface area contributed by atoms with Crippen LogP contribution in [0.15, 0.2) is 30.6 Å². The number of carbonyl (C=O) groups is 1. The minimum Gasteiger partial charge on any atom is -0.478 e. The van der Waals surface area contributed by atoms with Crippen molar-refractivity contribution in [3.63, 3.8) is 0 Å². The Morgan fingerprint density at radius 1 is 1.53 bits per heavy atom. The normalized spacial score (nSPS) is 9.84. The summed E-state index contributed by atoms with van der Waals surface area (Å²) >= 11 is 0. The number of rotatable bonds is 3. The van der Waals surface area contributed by atoms with Crippen LogP contribution in [0.3, 0.4) is 0 Å². The van der Waals surface area contributed by atoms with Crippen LogP contribution in [0.5, 0.6) is 0 Å². The summed E-state index contributed by atoms with van der Waals surface area (Å²) in [5.41, 5.74) is -0.434. The van der Waals surface area contributed by atoms with Crippen molar-refractivity contribution in [1.29, 1.82) is 5.26 Å². The van der Waals surface area contributed by atoms with Crippen LogP contribution in [0.4, 0.5) is 5.69 Å². The van der Waals surface area contributed by atoms with E-state index in [4.69, 9.17) is 10.4 Å². The highest BCUT2D eigenvalue weighted by atomic mass is 16.6. The molecule has 0 aliphatic rings. The van der Waals surface area contributed by atoms with Gasteiger partial charge in [-0.3, -0.25) is 14.7 Å². The minimum absolute atomic E-state index is 0.0149. The molecule has 0 aliphatic carbocycles. The second-order valence-electron chi connectivity index (χ2n) is 3.50. The molecule has 0 unspecified atom stereocenters. The van der Waals surface area contributed by atoms with Gasteiger partial charge in [-0.1, -0.05) is 0 Å². The van der Waals surface area contributed by atoms with Gasteiger partial charge in [0.25, 0.3) is 5.69 Å². The molecule has 0 radical (unpaired) electrons. The van der Waals surface area contributed by atoms with Crippen molar-refractivity contribution < 1.29 is 14.8 Å². The highest BCUT2D eigenvalue weighted by Crippen LogP contribution is 2.25. The van der Waals surface area contributed by atoms with E-state index in [-0.39, 0.29) is 22.8 Å². The molecule has 0 saturated heterocycles. The maximum absolute atomic E-state index is 10.9. The molecule has 94 valence electrons. The van der Waals surface area contributed by atoms with Crippen molar-refractivity contribution in [3.05, 3.63) is 52.1 Å². The number of hydrogen-bond acceptors (Lipinski definition) is 5. The number of hydrogen-bond donors (Lipinski definition) is 1. The maximum Gasteiger partial charge on any atom is 0.335 e. The summed E-state index contributed by atoms with van der Waals surface area (Å²) in [6, 6.07) is 5.11. The van der Waals surface area contributed by atoms with Crippen LogP contribution >= 0.6 is 0 Å². The standard InChI is InChI=1S/C11H6N4O4/c12-6-10-13-3-4-14(10)9-5-7(11(16)17)1-2-8(9)15(18)19/h1-5H,(H,16,17). The number of benzene rings is 1. The third-order valence-corrected chi connectivity index (χ3v) is 2.42. The largest absolute Gasteiger partial charge is 0.478 e. The van der Waals surface area contributed by atoms with Gasteiger partial charge in [-0.2, -0.15) is 5.26 Å². The number of aromatic carboxylic acids is 1. The molecule has 1 aromatic carbocycles. The van der Waals surface area contributed by atoms with Gasteiger partial charge in [0.1, 0.15) is 11.8 Å². The Labute approximate surface area is 106 Å². The molecule has 0 spiro atoms. The van der Waals surface area contributed by atoms with Crippen LogP contribution in [0, 0.1) is 21.4 Å². The number of imidazole rings is 1. The predicted molar refractivity (Wildman–Crippen MR) is 61.9 cm³/mol. The van der Waals surface area contributed by atoms with E-state index >= 15 is 0 Å². The third-order valence-electron chi connectivity index (χ3n) is 2.42. The number of aromatic nitrogens is 2. The minimum atomic E-state index is -1.21. The number of nitriles is 1. The quantitative estimate of drug-likeness (QED) is 0.654. The lowest BCUT2D eigenvalue weighted by molar-refractivity contribution is -0.384. The molecule has 19 heavy (non-hydrogen) atoms. The van der Waals surface area contributed by atoms with Crippen molar-refractivity contribution in [3.8, 4) is 11.8 Å². The smallest absolute Gasteiger partial charge is 0.335 e. The molecule has 2 rings (SSSR count). The predicted octanol–water partition coefficient (Wildman–Crippen LogP) is 1.35. The fourth-order valence-electron chi connectivity index (χ4n) is 1.58. The number of carboxylic acids is 1. The van der Waals surface area contributed by atoms with E-state index < -0.39 is 10.9 Å². The first-order valence-electron chi connectivity index (χ1n) is 5.00. The van der Waals surface area contributed by atoms with Crippen LogP contribution in [0.25, 0.3) is 5.69 Å². The summed E-state index contributed by atoms with van der Waals surface area (Å²) in [7, 11) is 0. The van der Waals surface area contributed by atoms with Crippen LogP contribution < -0.4 is 0 Å². The van der Waals surface area contributed by atoms with Gasteiger partial charge in [0.05, 0.1) is 10.5 Å². The Hall–Kier alpha value is -3.21. The molecule has 1 N–H and O–H groups in total. The van der Waals surface area contributed by atoms with Crippen molar-refractivity contribution in [2.75, 3.05) is 0 Å². The molecule has 1 heterocycles. The monoisotopic (exact) mass is 258 g/mol. The zero-order valence-electron chi connectivity index (χ0n) is 9.35. The summed E-state index contributed by atoms with van der Waals surface area (Å²) in [5.74, 6) is -1.28. The maximum atomic E-state index is 10.9. The summed E-state index contributed by atoms with van der Waals surface area (Å²) in [5, 5.41) is 28.7. The van der Waals surface area contributed by atoms with Crippen LogP contribution in [-0.4, -0.2) is 25.6 Å². The van der Waals surface area contributed by atoms with Crippen LogP contribution in [-0.2, 0) is 0 Å². The molecule has 0 atom stereocenters. The van der Waals surface area contributed by atoms with E-state index in [1.54, 1.807) is 6.07 Å². The lowest BCUT2D eigenvalue weighted by atomic mass is 10.1.